The lowest BCUT2D eigenvalue weighted by Gasteiger charge is -2.03. The lowest BCUT2D eigenvalue weighted by Crippen LogP contribution is -2.03. The maximum absolute atomic E-state index is 12.0. The molecule has 1 N–H and O–H groups in total. The number of nitrogens with zero attached hydrogens (tertiary/aromatic N) is 1. The minimum absolute atomic E-state index is 0.395. The van der Waals surface area contributed by atoms with Gasteiger partial charge in [-0.25, -0.2) is 9.78 Å². The zero-order chi connectivity index (χ0) is 15.7. The molecule has 0 radical (unpaired) electrons. The van der Waals surface area contributed by atoms with Gasteiger partial charge in [-0.05, 0) is 26.7 Å². The van der Waals surface area contributed by atoms with Crippen LogP contribution in [0.25, 0.3) is 17.0 Å². The summed E-state index contributed by atoms with van der Waals surface area (Å²) in [6, 6.07) is 0. The molecule has 3 rings (SSSR count). The topological polar surface area (TPSA) is 68.1 Å². The zero-order valence-electron chi connectivity index (χ0n) is 12.9. The molecule has 0 spiro atoms. The summed E-state index contributed by atoms with van der Waals surface area (Å²) in [5.41, 5.74) is 3.74. The van der Waals surface area contributed by atoms with Crippen LogP contribution in [0.5, 0.6) is 0 Å². The van der Waals surface area contributed by atoms with Crippen LogP contribution < -0.4 is 0 Å². The van der Waals surface area contributed by atoms with Crippen molar-refractivity contribution in [2.24, 2.45) is 0 Å². The van der Waals surface area contributed by atoms with Crippen molar-refractivity contribution < 1.29 is 13.9 Å². The summed E-state index contributed by atoms with van der Waals surface area (Å²) in [5, 5.41) is 0. The number of aromatic amines is 1. The lowest BCUT2D eigenvalue weighted by molar-refractivity contribution is 0.0600. The van der Waals surface area contributed by atoms with Crippen LogP contribution in [0.4, 0.5) is 0 Å². The third kappa shape index (κ3) is 2.39. The van der Waals surface area contributed by atoms with E-state index in [1.165, 1.54) is 7.11 Å². The number of ether oxygens (including phenoxy) is 1. The summed E-state index contributed by atoms with van der Waals surface area (Å²) in [4.78, 5) is 19.5. The van der Waals surface area contributed by atoms with Crippen LogP contribution in [-0.2, 0) is 4.74 Å². The van der Waals surface area contributed by atoms with Gasteiger partial charge in [0.25, 0.3) is 0 Å². The van der Waals surface area contributed by atoms with Gasteiger partial charge in [0.2, 0.25) is 5.89 Å². The fourth-order valence-electron chi connectivity index (χ4n) is 2.73. The van der Waals surface area contributed by atoms with E-state index >= 15 is 0 Å². The van der Waals surface area contributed by atoms with E-state index in [0.717, 1.165) is 29.8 Å². The number of hydrogen-bond donors (Lipinski definition) is 1. The van der Waals surface area contributed by atoms with Gasteiger partial charge in [0, 0.05) is 17.0 Å². The molecule has 0 saturated heterocycles. The Morgan fingerprint density at radius 3 is 2.82 bits per heavy atom. The van der Waals surface area contributed by atoms with Gasteiger partial charge in [0.05, 0.1) is 24.4 Å². The van der Waals surface area contributed by atoms with Crippen LogP contribution in [0, 0.1) is 13.8 Å². The fourth-order valence-corrected chi connectivity index (χ4v) is 2.73. The fraction of sp³-hybridized carbons (Fsp3) is 0.294. The van der Waals surface area contributed by atoms with Crippen molar-refractivity contribution in [1.29, 1.82) is 0 Å². The number of aryl methyl sites for hydroxylation is 2. The van der Waals surface area contributed by atoms with Crippen LogP contribution in [0.15, 0.2) is 28.8 Å². The molecule has 0 fully saturated rings. The van der Waals surface area contributed by atoms with Crippen molar-refractivity contribution in [3.63, 3.8) is 0 Å². The Bertz CT molecular complexity index is 778. The first kappa shape index (κ1) is 14.4. The average Bonchev–Trinajstić information content (AvgIpc) is 3.11. The van der Waals surface area contributed by atoms with Gasteiger partial charge in [0.15, 0.2) is 5.76 Å². The Morgan fingerprint density at radius 2 is 2.14 bits per heavy atom. The van der Waals surface area contributed by atoms with Crippen LogP contribution in [0.3, 0.4) is 0 Å². The van der Waals surface area contributed by atoms with E-state index in [9.17, 15) is 4.79 Å². The van der Waals surface area contributed by atoms with E-state index in [-0.39, 0.29) is 0 Å². The van der Waals surface area contributed by atoms with Crippen LogP contribution >= 0.6 is 0 Å². The standard InChI is InChI=1S/C17H18N2O3/c1-10-14(15(11(2)19-10)17(20)21-3)16-18-9-13(22-16)12-7-5-4-6-8-12/h5,7-9,19H,4,6H2,1-3H3. The minimum atomic E-state index is -0.395. The van der Waals surface area contributed by atoms with Crippen molar-refractivity contribution in [3.8, 4) is 11.5 Å². The molecule has 0 unspecified atom stereocenters. The molecule has 1 aliphatic carbocycles. The zero-order valence-corrected chi connectivity index (χ0v) is 12.9. The minimum Gasteiger partial charge on any atom is -0.465 e. The number of nitrogens with one attached hydrogen (secondary N) is 1. The van der Waals surface area contributed by atoms with E-state index in [1.54, 1.807) is 6.20 Å². The van der Waals surface area contributed by atoms with Crippen molar-refractivity contribution in [1.82, 2.24) is 9.97 Å². The SMILES string of the molecule is COC(=O)c1c(C)[nH]c(C)c1-c1ncc(C2=CCCC=C2)o1. The number of carbonyl (C=O) groups excluding carboxylic acids is 1. The van der Waals surface area contributed by atoms with E-state index in [1.807, 2.05) is 19.9 Å². The Labute approximate surface area is 128 Å². The lowest BCUT2D eigenvalue weighted by atomic mass is 10.1. The molecule has 5 nitrogen and oxygen atoms in total. The maximum Gasteiger partial charge on any atom is 0.340 e. The number of H-pyrrole nitrogens is 1. The van der Waals surface area contributed by atoms with Crippen molar-refractivity contribution in [3.05, 3.63) is 47.1 Å². The third-order valence-corrected chi connectivity index (χ3v) is 3.76. The number of allylic oxidation sites excluding steroid dienone is 4. The number of oxazole rings is 1. The normalized spacial score (nSPS) is 14.0. The summed E-state index contributed by atoms with van der Waals surface area (Å²) in [6.45, 7) is 3.72. The number of esters is 1. The molecule has 114 valence electrons. The van der Waals surface area contributed by atoms with Gasteiger partial charge in [-0.15, -0.1) is 0 Å². The van der Waals surface area contributed by atoms with Crippen molar-refractivity contribution in [2.75, 3.05) is 7.11 Å². The smallest absolute Gasteiger partial charge is 0.340 e. The van der Waals surface area contributed by atoms with Crippen molar-refractivity contribution >= 4 is 11.5 Å². The molecular weight excluding hydrogens is 280 g/mol. The molecule has 0 saturated carbocycles. The van der Waals surface area contributed by atoms with E-state index in [4.69, 9.17) is 9.15 Å². The quantitative estimate of drug-likeness (QED) is 0.875. The Balaban J connectivity index is 2.06. The molecule has 22 heavy (non-hydrogen) atoms. The van der Waals surface area contributed by atoms with E-state index in [2.05, 4.69) is 22.1 Å². The molecule has 0 aliphatic heterocycles. The highest BCUT2D eigenvalue weighted by molar-refractivity contribution is 5.98. The third-order valence-electron chi connectivity index (χ3n) is 3.76. The van der Waals surface area contributed by atoms with Gasteiger partial charge in [-0.3, -0.25) is 0 Å². The van der Waals surface area contributed by atoms with Crippen LogP contribution in [-0.4, -0.2) is 23.0 Å². The van der Waals surface area contributed by atoms with Gasteiger partial charge in [-0.2, -0.15) is 0 Å². The number of rotatable bonds is 3. The molecule has 1 aliphatic rings. The Morgan fingerprint density at radius 1 is 1.32 bits per heavy atom. The number of carbonyl (C=O) groups is 1. The first-order chi connectivity index (χ1) is 10.6. The molecule has 0 atom stereocenters. The Kier molecular flexibility index (Phi) is 3.71. The van der Waals surface area contributed by atoms with E-state index in [0.29, 0.717) is 22.8 Å². The maximum atomic E-state index is 12.0. The molecule has 2 aromatic rings. The van der Waals surface area contributed by atoms with Gasteiger partial charge in [0.1, 0.15) is 0 Å². The molecule has 0 bridgehead atoms. The first-order valence-electron chi connectivity index (χ1n) is 7.22. The molecule has 0 aromatic carbocycles. The van der Waals surface area contributed by atoms with Crippen LogP contribution in [0.1, 0.15) is 40.3 Å². The second kappa shape index (κ2) is 5.67. The second-order valence-electron chi connectivity index (χ2n) is 5.29. The van der Waals surface area contributed by atoms with Gasteiger partial charge >= 0.3 is 5.97 Å². The highest BCUT2D eigenvalue weighted by Gasteiger charge is 2.24. The second-order valence-corrected chi connectivity index (χ2v) is 5.29. The summed E-state index contributed by atoms with van der Waals surface area (Å²) in [6.07, 6.45) is 10.0. The summed E-state index contributed by atoms with van der Waals surface area (Å²) < 4.78 is 10.7. The molecule has 0 amide bonds. The van der Waals surface area contributed by atoms with Crippen molar-refractivity contribution in [2.45, 2.75) is 26.7 Å². The number of hydrogen-bond acceptors (Lipinski definition) is 4. The summed E-state index contributed by atoms with van der Waals surface area (Å²) in [5.74, 6) is 0.741. The van der Waals surface area contributed by atoms with Crippen LogP contribution in [0.2, 0.25) is 0 Å². The summed E-state index contributed by atoms with van der Waals surface area (Å²) in [7, 11) is 1.37. The highest BCUT2D eigenvalue weighted by atomic mass is 16.5. The predicted molar refractivity (Wildman–Crippen MR) is 83.5 cm³/mol. The molecular formula is C17H18N2O3. The largest absolute Gasteiger partial charge is 0.465 e. The van der Waals surface area contributed by atoms with Gasteiger partial charge < -0.3 is 14.1 Å². The number of methoxy groups -OCH3 is 1. The predicted octanol–water partition coefficient (Wildman–Crippen LogP) is 3.81. The molecule has 2 heterocycles. The molecule has 2 aromatic heterocycles. The average molecular weight is 298 g/mol. The number of aromatic nitrogens is 2. The monoisotopic (exact) mass is 298 g/mol. The summed E-state index contributed by atoms with van der Waals surface area (Å²) >= 11 is 0. The highest BCUT2D eigenvalue weighted by Crippen LogP contribution is 2.32. The van der Waals surface area contributed by atoms with Gasteiger partial charge in [-0.1, -0.05) is 18.2 Å². The first-order valence-corrected chi connectivity index (χ1v) is 7.22. The van der Waals surface area contributed by atoms with E-state index < -0.39 is 5.97 Å². The molecule has 5 heteroatoms. The Hall–Kier alpha value is -2.56.